The molecule has 0 saturated carbocycles. The summed E-state index contributed by atoms with van der Waals surface area (Å²) in [5, 5.41) is 3.24. The van der Waals surface area contributed by atoms with E-state index in [0.717, 1.165) is 38.1 Å². The van der Waals surface area contributed by atoms with Crippen molar-refractivity contribution in [3.63, 3.8) is 0 Å². The molecule has 38 heavy (non-hydrogen) atoms. The molecule has 0 unspecified atom stereocenters. The summed E-state index contributed by atoms with van der Waals surface area (Å²) in [4.78, 5) is 20.9. The molecule has 0 atom stereocenters. The Balaban J connectivity index is 1.50. The second-order valence-electron chi connectivity index (χ2n) is 8.60. The van der Waals surface area contributed by atoms with Gasteiger partial charge in [-0.25, -0.2) is 27.2 Å². The summed E-state index contributed by atoms with van der Waals surface area (Å²) in [5.41, 5.74) is 0.878. The van der Waals surface area contributed by atoms with Crippen LogP contribution < -0.4 is 25.1 Å². The number of hydrogen-bond acceptors (Lipinski definition) is 8. The van der Waals surface area contributed by atoms with Gasteiger partial charge in [0.05, 0.1) is 13.3 Å². The van der Waals surface area contributed by atoms with Crippen LogP contribution in [0.4, 0.5) is 14.5 Å². The maximum absolute atomic E-state index is 14.2. The Labute approximate surface area is 216 Å². The second kappa shape index (κ2) is 10.3. The molecule has 2 N–H and O–H groups in total. The Hall–Kier alpha value is -4.10. The molecule has 5 rings (SSSR count). The molecule has 3 aromatic heterocycles. The number of methoxy groups -OCH3 is 1. The Bertz CT molecular complexity index is 1670. The Morgan fingerprint density at radius 2 is 1.84 bits per heavy atom. The van der Waals surface area contributed by atoms with Crippen molar-refractivity contribution in [2.45, 2.75) is 23.8 Å². The lowest BCUT2D eigenvalue weighted by Gasteiger charge is -2.23. The molecule has 1 saturated heterocycles. The van der Waals surface area contributed by atoms with Crippen molar-refractivity contribution in [2.24, 2.45) is 0 Å². The van der Waals surface area contributed by atoms with Gasteiger partial charge in [-0.15, -0.1) is 0 Å². The molecule has 1 aromatic carbocycles. The summed E-state index contributed by atoms with van der Waals surface area (Å²) in [7, 11) is -3.16. The van der Waals surface area contributed by atoms with E-state index in [4.69, 9.17) is 9.47 Å². The third-order valence-electron chi connectivity index (χ3n) is 6.06. The van der Waals surface area contributed by atoms with Gasteiger partial charge in [0.15, 0.2) is 0 Å². The Kier molecular flexibility index (Phi) is 6.95. The van der Waals surface area contributed by atoms with Crippen LogP contribution >= 0.6 is 0 Å². The zero-order chi connectivity index (χ0) is 26.9. The SMILES string of the molecule is COc1ncc(-c2ccc3ncc(OC4CCNCC4)c(=O)n3c2)cc1NS(=O)(=O)c1ccc(F)cc1F. The molecule has 4 aromatic rings. The van der Waals surface area contributed by atoms with Gasteiger partial charge in [-0.2, -0.15) is 0 Å². The fourth-order valence-electron chi connectivity index (χ4n) is 4.14. The van der Waals surface area contributed by atoms with E-state index in [9.17, 15) is 22.0 Å². The molecule has 0 bridgehead atoms. The van der Waals surface area contributed by atoms with Gasteiger partial charge in [-0.05, 0) is 56.3 Å². The number of aromatic nitrogens is 3. The highest BCUT2D eigenvalue weighted by Gasteiger charge is 2.23. The van der Waals surface area contributed by atoms with Gasteiger partial charge in [-0.3, -0.25) is 13.9 Å². The summed E-state index contributed by atoms with van der Waals surface area (Å²) in [5.74, 6) is -2.09. The fraction of sp³-hybridized carbons (Fsp3) is 0.240. The van der Waals surface area contributed by atoms with Crippen LogP contribution in [-0.2, 0) is 10.0 Å². The van der Waals surface area contributed by atoms with Crippen LogP contribution in [0.25, 0.3) is 16.8 Å². The van der Waals surface area contributed by atoms with Gasteiger partial charge in [0, 0.05) is 29.6 Å². The van der Waals surface area contributed by atoms with E-state index in [-0.39, 0.29) is 29.0 Å². The summed E-state index contributed by atoms with van der Waals surface area (Å²) in [6.07, 6.45) is 5.86. The van der Waals surface area contributed by atoms with Crippen molar-refractivity contribution in [1.29, 1.82) is 0 Å². The van der Waals surface area contributed by atoms with Crippen molar-refractivity contribution in [1.82, 2.24) is 19.7 Å². The van der Waals surface area contributed by atoms with Crippen LogP contribution in [0, 0.1) is 11.6 Å². The first-order valence-electron chi connectivity index (χ1n) is 11.7. The highest BCUT2D eigenvalue weighted by atomic mass is 32.2. The summed E-state index contributed by atoms with van der Waals surface area (Å²) >= 11 is 0. The summed E-state index contributed by atoms with van der Waals surface area (Å²) in [6.45, 7) is 1.61. The monoisotopic (exact) mass is 543 g/mol. The number of nitrogens with one attached hydrogen (secondary N) is 2. The number of hydrogen-bond donors (Lipinski definition) is 2. The normalized spacial score (nSPS) is 14.4. The van der Waals surface area contributed by atoms with E-state index in [0.29, 0.717) is 22.8 Å². The standard InChI is InChI=1S/C25H23F2N5O5S/c1-36-24-20(31-38(34,35)22-4-3-17(26)11-19(22)27)10-16(12-30-24)15-2-5-23-29-13-21(25(33)32(23)14-15)37-18-6-8-28-9-7-18/h2-5,10-14,18,28,31H,6-9H2,1H3. The van der Waals surface area contributed by atoms with Crippen molar-refractivity contribution in [3.05, 3.63) is 77.0 Å². The molecule has 1 aliphatic rings. The van der Waals surface area contributed by atoms with Gasteiger partial charge in [-0.1, -0.05) is 0 Å². The molecule has 1 aliphatic heterocycles. The van der Waals surface area contributed by atoms with E-state index in [1.165, 1.54) is 30.0 Å². The molecule has 198 valence electrons. The Morgan fingerprint density at radius 1 is 1.05 bits per heavy atom. The van der Waals surface area contributed by atoms with Gasteiger partial charge >= 0.3 is 0 Å². The predicted molar refractivity (Wildman–Crippen MR) is 135 cm³/mol. The first kappa shape index (κ1) is 25.5. The fourth-order valence-corrected chi connectivity index (χ4v) is 5.25. The van der Waals surface area contributed by atoms with Crippen LogP contribution in [0.15, 0.2) is 64.7 Å². The van der Waals surface area contributed by atoms with Crippen LogP contribution in [0.2, 0.25) is 0 Å². The third-order valence-corrected chi connectivity index (χ3v) is 7.45. The number of nitrogens with zero attached hydrogens (tertiary/aromatic N) is 3. The van der Waals surface area contributed by atoms with Crippen LogP contribution in [0.3, 0.4) is 0 Å². The maximum atomic E-state index is 14.2. The van der Waals surface area contributed by atoms with Gasteiger partial charge in [0.25, 0.3) is 15.6 Å². The van der Waals surface area contributed by atoms with Crippen LogP contribution in [-0.4, -0.2) is 49.1 Å². The highest BCUT2D eigenvalue weighted by molar-refractivity contribution is 7.92. The van der Waals surface area contributed by atoms with E-state index < -0.39 is 26.6 Å². The first-order valence-corrected chi connectivity index (χ1v) is 13.1. The molecule has 0 spiro atoms. The third kappa shape index (κ3) is 5.15. The predicted octanol–water partition coefficient (Wildman–Crippen LogP) is 2.97. The van der Waals surface area contributed by atoms with Crippen molar-refractivity contribution >= 4 is 21.4 Å². The number of pyridine rings is 2. The number of fused-ring (bicyclic) bond motifs is 1. The lowest BCUT2D eigenvalue weighted by atomic mass is 10.1. The maximum Gasteiger partial charge on any atom is 0.300 e. The molecule has 1 fully saturated rings. The number of ether oxygens (including phenoxy) is 2. The molecule has 4 heterocycles. The van der Waals surface area contributed by atoms with Gasteiger partial charge in [0.2, 0.25) is 11.6 Å². The molecule has 0 radical (unpaired) electrons. The number of anilines is 1. The van der Waals surface area contributed by atoms with Crippen LogP contribution in [0.1, 0.15) is 12.8 Å². The average molecular weight is 544 g/mol. The Morgan fingerprint density at radius 3 is 2.58 bits per heavy atom. The van der Waals surface area contributed by atoms with E-state index in [2.05, 4.69) is 20.0 Å². The van der Waals surface area contributed by atoms with Crippen molar-refractivity contribution < 1.29 is 26.7 Å². The highest BCUT2D eigenvalue weighted by Crippen LogP contribution is 2.31. The van der Waals surface area contributed by atoms with E-state index >= 15 is 0 Å². The topological polar surface area (TPSA) is 124 Å². The van der Waals surface area contributed by atoms with Gasteiger partial charge < -0.3 is 14.8 Å². The molecule has 0 aliphatic carbocycles. The van der Waals surface area contributed by atoms with Crippen molar-refractivity contribution in [3.8, 4) is 22.8 Å². The zero-order valence-corrected chi connectivity index (χ0v) is 21.0. The van der Waals surface area contributed by atoms with Gasteiger partial charge in [0.1, 0.15) is 34.0 Å². The molecule has 0 amide bonds. The minimum absolute atomic E-state index is 0.0721. The average Bonchev–Trinajstić information content (AvgIpc) is 2.90. The number of rotatable bonds is 7. The first-order chi connectivity index (χ1) is 18.2. The number of benzene rings is 1. The number of halogens is 2. The van der Waals surface area contributed by atoms with E-state index in [1.54, 1.807) is 18.3 Å². The lowest BCUT2D eigenvalue weighted by Crippen LogP contribution is -2.35. The zero-order valence-electron chi connectivity index (χ0n) is 20.1. The summed E-state index contributed by atoms with van der Waals surface area (Å²) < 4.78 is 67.8. The molecule has 13 heteroatoms. The lowest BCUT2D eigenvalue weighted by molar-refractivity contribution is 0.159. The molecule has 10 nitrogen and oxygen atoms in total. The minimum Gasteiger partial charge on any atom is -0.483 e. The molecular formula is C25H23F2N5O5S. The smallest absolute Gasteiger partial charge is 0.300 e. The number of piperidine rings is 1. The summed E-state index contributed by atoms with van der Waals surface area (Å²) in [6, 6.07) is 6.89. The quantitative estimate of drug-likeness (QED) is 0.365. The second-order valence-corrected chi connectivity index (χ2v) is 10.3. The number of sulfonamides is 1. The van der Waals surface area contributed by atoms with E-state index in [1.807, 2.05) is 0 Å². The minimum atomic E-state index is -4.45. The molecular weight excluding hydrogens is 520 g/mol. The van der Waals surface area contributed by atoms with Crippen LogP contribution in [0.5, 0.6) is 11.6 Å². The van der Waals surface area contributed by atoms with Crippen molar-refractivity contribution in [2.75, 3.05) is 24.9 Å². The largest absolute Gasteiger partial charge is 0.483 e.